The second-order valence-corrected chi connectivity index (χ2v) is 11.5. The molecule has 0 aliphatic heterocycles. The molecule has 0 heterocycles. The molecular formula is C38H58O8. The van der Waals surface area contributed by atoms with Crippen LogP contribution in [-0.2, 0) is 0 Å². The van der Waals surface area contributed by atoms with Gasteiger partial charge in [0, 0.05) is 31.7 Å². The Balaban J connectivity index is 0.000000498. The molecule has 0 bridgehead atoms. The van der Waals surface area contributed by atoms with Gasteiger partial charge in [-0.15, -0.1) is 0 Å². The molecule has 3 aromatic rings. The first-order chi connectivity index (χ1) is 22.0. The molecule has 8 heteroatoms. The van der Waals surface area contributed by atoms with Gasteiger partial charge in [-0.3, -0.25) is 0 Å². The van der Waals surface area contributed by atoms with Crippen molar-refractivity contribution in [1.29, 1.82) is 0 Å². The number of aliphatic hydroxyl groups is 2. The fourth-order valence-corrected chi connectivity index (χ4v) is 4.60. The van der Waals surface area contributed by atoms with E-state index in [-0.39, 0.29) is 11.4 Å². The van der Waals surface area contributed by atoms with Crippen molar-refractivity contribution >= 4 is 0 Å². The summed E-state index contributed by atoms with van der Waals surface area (Å²) in [4.78, 5) is 0. The molecule has 46 heavy (non-hydrogen) atoms. The zero-order valence-corrected chi connectivity index (χ0v) is 29.3. The van der Waals surface area contributed by atoms with Crippen LogP contribution in [0.3, 0.4) is 0 Å². The van der Waals surface area contributed by atoms with Crippen LogP contribution >= 0.6 is 0 Å². The standard InChI is InChI=1S/C24H34O4.C13H20O3.CH4O/c1-5-16-26-21-12-8-13-22(18-21)27-17-10-15-24(4,6-2)28-23-14-9-11-20(19-23)25-7-3;1-4-13(3,9-10(2)14)16-12-7-5-6-11(15)8-12;1-2/h8-9,11-14,18-19H,5-7,10,15-17H2,1-4H3;5-8,10,14-15H,4,9H2,1-3H3;2H,1H3. The minimum Gasteiger partial charge on any atom is -0.508 e. The first kappa shape index (κ1) is 40.4. The molecule has 3 atom stereocenters. The Morgan fingerprint density at radius 1 is 0.652 bits per heavy atom. The first-order valence-corrected chi connectivity index (χ1v) is 16.4. The van der Waals surface area contributed by atoms with E-state index in [1.807, 2.05) is 69.3 Å². The molecular weight excluding hydrogens is 584 g/mol. The highest BCUT2D eigenvalue weighted by Crippen LogP contribution is 2.29. The smallest absolute Gasteiger partial charge is 0.123 e. The summed E-state index contributed by atoms with van der Waals surface area (Å²) < 4.78 is 29.3. The van der Waals surface area contributed by atoms with E-state index >= 15 is 0 Å². The maximum Gasteiger partial charge on any atom is 0.123 e. The molecule has 0 amide bonds. The Bertz CT molecular complexity index is 1220. The van der Waals surface area contributed by atoms with Crippen LogP contribution in [0, 0.1) is 0 Å². The lowest BCUT2D eigenvalue weighted by Gasteiger charge is -2.30. The summed E-state index contributed by atoms with van der Waals surface area (Å²) >= 11 is 0. The lowest BCUT2D eigenvalue weighted by atomic mass is 9.95. The minimum absolute atomic E-state index is 0.188. The van der Waals surface area contributed by atoms with Crippen LogP contribution in [0.2, 0.25) is 0 Å². The second kappa shape index (κ2) is 22.0. The third-order valence-corrected chi connectivity index (χ3v) is 7.28. The van der Waals surface area contributed by atoms with Crippen molar-refractivity contribution in [1.82, 2.24) is 0 Å². The lowest BCUT2D eigenvalue weighted by Crippen LogP contribution is -2.35. The summed E-state index contributed by atoms with van der Waals surface area (Å²) in [7, 11) is 1.00. The average molecular weight is 643 g/mol. The Kier molecular flexibility index (Phi) is 19.3. The fraction of sp³-hybridized carbons (Fsp3) is 0.526. The Morgan fingerprint density at radius 2 is 1.13 bits per heavy atom. The third-order valence-electron chi connectivity index (χ3n) is 7.28. The van der Waals surface area contributed by atoms with Crippen molar-refractivity contribution < 1.29 is 39.0 Å². The number of rotatable bonds is 18. The summed E-state index contributed by atoms with van der Waals surface area (Å²) in [6.45, 7) is 16.1. The second-order valence-electron chi connectivity index (χ2n) is 11.5. The number of aliphatic hydroxyl groups excluding tert-OH is 2. The quantitative estimate of drug-likeness (QED) is 0.118. The minimum atomic E-state index is -0.401. The van der Waals surface area contributed by atoms with Gasteiger partial charge >= 0.3 is 0 Å². The van der Waals surface area contributed by atoms with Crippen LogP contribution < -0.4 is 23.7 Å². The molecule has 0 spiro atoms. The highest BCUT2D eigenvalue weighted by atomic mass is 16.5. The Labute approximate surface area is 277 Å². The van der Waals surface area contributed by atoms with E-state index in [0.29, 0.717) is 25.4 Å². The van der Waals surface area contributed by atoms with Crippen molar-refractivity contribution in [3.63, 3.8) is 0 Å². The normalized spacial score (nSPS) is 13.7. The number of aromatic hydroxyl groups is 1. The molecule has 0 aliphatic rings. The third kappa shape index (κ3) is 16.1. The molecule has 0 aromatic heterocycles. The van der Waals surface area contributed by atoms with Crippen LogP contribution in [0.4, 0.5) is 0 Å². The molecule has 8 nitrogen and oxygen atoms in total. The van der Waals surface area contributed by atoms with E-state index in [1.165, 1.54) is 0 Å². The van der Waals surface area contributed by atoms with Gasteiger partial charge in [0.2, 0.25) is 0 Å². The van der Waals surface area contributed by atoms with Gasteiger partial charge in [-0.2, -0.15) is 0 Å². The van der Waals surface area contributed by atoms with Crippen LogP contribution in [0.1, 0.15) is 87.0 Å². The van der Waals surface area contributed by atoms with Crippen LogP contribution in [-0.4, -0.2) is 59.6 Å². The molecule has 0 saturated carbocycles. The molecule has 3 N–H and O–H groups in total. The van der Waals surface area contributed by atoms with Gasteiger partial charge in [0.1, 0.15) is 45.7 Å². The maximum atomic E-state index is 9.42. The van der Waals surface area contributed by atoms with E-state index in [0.717, 1.165) is 68.8 Å². The number of hydrogen-bond donors (Lipinski definition) is 3. The number of hydrogen-bond acceptors (Lipinski definition) is 8. The molecule has 0 aliphatic carbocycles. The van der Waals surface area contributed by atoms with Gasteiger partial charge in [-0.1, -0.05) is 39.0 Å². The molecule has 3 aromatic carbocycles. The molecule has 3 unspecified atom stereocenters. The first-order valence-electron chi connectivity index (χ1n) is 16.4. The monoisotopic (exact) mass is 642 g/mol. The van der Waals surface area contributed by atoms with E-state index < -0.39 is 11.7 Å². The summed E-state index contributed by atoms with van der Waals surface area (Å²) in [5.74, 6) is 4.20. The predicted octanol–water partition coefficient (Wildman–Crippen LogP) is 8.60. The summed E-state index contributed by atoms with van der Waals surface area (Å²) in [5, 5.41) is 25.8. The van der Waals surface area contributed by atoms with E-state index in [2.05, 4.69) is 20.8 Å². The molecule has 258 valence electrons. The lowest BCUT2D eigenvalue weighted by molar-refractivity contribution is 0.0278. The van der Waals surface area contributed by atoms with E-state index in [4.69, 9.17) is 28.8 Å². The summed E-state index contributed by atoms with van der Waals surface area (Å²) in [5.41, 5.74) is -0.637. The largest absolute Gasteiger partial charge is 0.508 e. The van der Waals surface area contributed by atoms with E-state index in [9.17, 15) is 10.2 Å². The molecule has 0 radical (unpaired) electrons. The van der Waals surface area contributed by atoms with Gasteiger partial charge in [-0.25, -0.2) is 0 Å². The zero-order valence-electron chi connectivity index (χ0n) is 29.3. The van der Waals surface area contributed by atoms with Crippen molar-refractivity contribution in [2.75, 3.05) is 26.9 Å². The van der Waals surface area contributed by atoms with E-state index in [1.54, 1.807) is 31.2 Å². The highest BCUT2D eigenvalue weighted by molar-refractivity contribution is 5.34. The summed E-state index contributed by atoms with van der Waals surface area (Å²) in [6.07, 6.45) is 4.71. The van der Waals surface area contributed by atoms with Crippen molar-refractivity contribution in [3.8, 4) is 34.5 Å². The van der Waals surface area contributed by atoms with Crippen molar-refractivity contribution in [2.24, 2.45) is 0 Å². The number of benzene rings is 3. The predicted molar refractivity (Wildman–Crippen MR) is 186 cm³/mol. The van der Waals surface area contributed by atoms with Gasteiger partial charge < -0.3 is 39.0 Å². The van der Waals surface area contributed by atoms with Crippen molar-refractivity contribution in [3.05, 3.63) is 72.8 Å². The topological polar surface area (TPSA) is 107 Å². The van der Waals surface area contributed by atoms with Gasteiger partial charge in [0.15, 0.2) is 0 Å². The van der Waals surface area contributed by atoms with Gasteiger partial charge in [0.25, 0.3) is 0 Å². The molecule has 3 rings (SSSR count). The Hall–Kier alpha value is -3.62. The maximum absolute atomic E-state index is 9.42. The van der Waals surface area contributed by atoms with Crippen LogP contribution in [0.5, 0.6) is 34.5 Å². The fourth-order valence-electron chi connectivity index (χ4n) is 4.60. The molecule has 0 fully saturated rings. The highest BCUT2D eigenvalue weighted by Gasteiger charge is 2.26. The number of phenols is 1. The van der Waals surface area contributed by atoms with Gasteiger partial charge in [-0.05, 0) is 96.2 Å². The van der Waals surface area contributed by atoms with Crippen LogP contribution in [0.25, 0.3) is 0 Å². The SMILES string of the molecule is CCC(C)(CC(C)O)Oc1cccc(O)c1.CCCOc1cccc(OCCCC(C)(CC)Oc2cccc(OCC)c2)c1.CO. The zero-order chi connectivity index (χ0) is 34.4. The molecule has 0 saturated heterocycles. The number of phenolic OH excluding ortho intramolecular Hbond substituents is 1. The van der Waals surface area contributed by atoms with Gasteiger partial charge in [0.05, 0.1) is 25.9 Å². The van der Waals surface area contributed by atoms with Crippen molar-refractivity contribution in [2.45, 2.75) is 104 Å². The van der Waals surface area contributed by atoms with Crippen LogP contribution in [0.15, 0.2) is 72.8 Å². The summed E-state index contributed by atoms with van der Waals surface area (Å²) in [6, 6.07) is 22.4. The number of ether oxygens (including phenoxy) is 5. The average Bonchev–Trinajstić information content (AvgIpc) is 3.03. The Morgan fingerprint density at radius 3 is 1.65 bits per heavy atom.